The summed E-state index contributed by atoms with van der Waals surface area (Å²) >= 11 is 0. The highest BCUT2D eigenvalue weighted by Crippen LogP contribution is 2.40. The molecule has 0 aliphatic heterocycles. The smallest absolute Gasteiger partial charge is 0.306 e. The van der Waals surface area contributed by atoms with Gasteiger partial charge in [-0.2, -0.15) is 0 Å². The molecule has 0 N–H and O–H groups in total. The summed E-state index contributed by atoms with van der Waals surface area (Å²) in [6.07, 6.45) is 10.6. The molecule has 0 aromatic carbocycles. The molecule has 0 heterocycles. The maximum Gasteiger partial charge on any atom is 0.306 e. The molecule has 0 radical (unpaired) electrons. The van der Waals surface area contributed by atoms with E-state index < -0.39 is 0 Å². The Kier molecular flexibility index (Phi) is 4.03. The predicted octanol–water partition coefficient (Wildman–Crippen LogP) is 3.47. The maximum absolute atomic E-state index is 11.4. The number of rotatable bonds is 3. The fourth-order valence-electron chi connectivity index (χ4n) is 3.11. The molecular formula is C14H22O2. The number of ether oxygens (including phenoxy) is 1. The van der Waals surface area contributed by atoms with Gasteiger partial charge in [-0.05, 0) is 57.3 Å². The van der Waals surface area contributed by atoms with Gasteiger partial charge in [-0.1, -0.05) is 11.6 Å². The fourth-order valence-corrected chi connectivity index (χ4v) is 3.11. The minimum atomic E-state index is -0.00395. The average molecular weight is 222 g/mol. The van der Waals surface area contributed by atoms with Crippen molar-refractivity contribution in [3.05, 3.63) is 11.6 Å². The van der Waals surface area contributed by atoms with Crippen LogP contribution in [0.1, 0.15) is 51.9 Å². The van der Waals surface area contributed by atoms with E-state index in [9.17, 15) is 4.79 Å². The molecule has 2 aliphatic rings. The van der Waals surface area contributed by atoms with E-state index in [0.29, 0.717) is 18.9 Å². The van der Waals surface area contributed by atoms with Crippen LogP contribution >= 0.6 is 0 Å². The lowest BCUT2D eigenvalue weighted by Crippen LogP contribution is -2.22. The molecule has 0 bridgehead atoms. The zero-order valence-corrected chi connectivity index (χ0v) is 10.2. The van der Waals surface area contributed by atoms with Crippen LogP contribution in [-0.4, -0.2) is 12.6 Å². The quantitative estimate of drug-likeness (QED) is 0.540. The molecular weight excluding hydrogens is 200 g/mol. The van der Waals surface area contributed by atoms with Gasteiger partial charge in [-0.25, -0.2) is 0 Å². The van der Waals surface area contributed by atoms with E-state index in [1.807, 2.05) is 6.92 Å². The summed E-state index contributed by atoms with van der Waals surface area (Å²) in [6, 6.07) is 0. The number of hydrogen-bond acceptors (Lipinski definition) is 2. The molecule has 0 aromatic rings. The van der Waals surface area contributed by atoms with Crippen molar-refractivity contribution in [1.29, 1.82) is 0 Å². The minimum Gasteiger partial charge on any atom is -0.466 e. The summed E-state index contributed by atoms with van der Waals surface area (Å²) in [5.74, 6) is 1.34. The van der Waals surface area contributed by atoms with Gasteiger partial charge in [-0.15, -0.1) is 0 Å². The molecule has 0 aromatic heterocycles. The first-order valence-electron chi connectivity index (χ1n) is 6.64. The first kappa shape index (κ1) is 11.7. The van der Waals surface area contributed by atoms with E-state index in [0.717, 1.165) is 5.92 Å². The normalized spacial score (nSPS) is 29.2. The largest absolute Gasteiger partial charge is 0.466 e. The van der Waals surface area contributed by atoms with E-state index in [1.54, 1.807) is 5.57 Å². The van der Waals surface area contributed by atoms with Crippen LogP contribution in [0.4, 0.5) is 0 Å². The van der Waals surface area contributed by atoms with Crippen LogP contribution in [0.2, 0.25) is 0 Å². The van der Waals surface area contributed by atoms with Crippen LogP contribution < -0.4 is 0 Å². The second-order valence-electron chi connectivity index (χ2n) is 5.06. The van der Waals surface area contributed by atoms with Gasteiger partial charge in [0.1, 0.15) is 0 Å². The topological polar surface area (TPSA) is 26.3 Å². The Bertz CT molecular complexity index is 280. The van der Waals surface area contributed by atoms with Crippen LogP contribution in [-0.2, 0) is 9.53 Å². The van der Waals surface area contributed by atoms with Crippen LogP contribution in [0, 0.1) is 11.8 Å². The maximum atomic E-state index is 11.4. The Balaban J connectivity index is 1.84. The Labute approximate surface area is 98.1 Å². The molecule has 2 heteroatoms. The van der Waals surface area contributed by atoms with Crippen molar-refractivity contribution in [1.82, 2.24) is 0 Å². The Hall–Kier alpha value is -0.790. The van der Waals surface area contributed by atoms with Gasteiger partial charge in [0, 0.05) is 6.42 Å². The highest BCUT2D eigenvalue weighted by atomic mass is 16.5. The molecule has 0 amide bonds. The predicted molar refractivity (Wildman–Crippen MR) is 64.0 cm³/mol. The number of hydrogen-bond donors (Lipinski definition) is 0. The first-order chi connectivity index (χ1) is 7.79. The van der Waals surface area contributed by atoms with Crippen molar-refractivity contribution in [2.45, 2.75) is 51.9 Å². The standard InChI is InChI=1S/C14H22O2/c1-2-16-14(15)10-11-7-8-12-5-3-4-6-13(12)9-11/h5,11,13H,2-4,6-10H2,1H3/t11-,13?/m1/s1. The fraction of sp³-hybridized carbons (Fsp3) is 0.786. The van der Waals surface area contributed by atoms with Crippen LogP contribution in [0.15, 0.2) is 11.6 Å². The van der Waals surface area contributed by atoms with Crippen LogP contribution in [0.3, 0.4) is 0 Å². The molecule has 0 spiro atoms. The van der Waals surface area contributed by atoms with Gasteiger partial charge in [0.05, 0.1) is 6.61 Å². The monoisotopic (exact) mass is 222 g/mol. The summed E-state index contributed by atoms with van der Waals surface area (Å²) in [4.78, 5) is 11.4. The van der Waals surface area contributed by atoms with Gasteiger partial charge in [0.15, 0.2) is 0 Å². The highest BCUT2D eigenvalue weighted by Gasteiger charge is 2.28. The number of fused-ring (bicyclic) bond motifs is 1. The zero-order valence-electron chi connectivity index (χ0n) is 10.2. The van der Waals surface area contributed by atoms with E-state index >= 15 is 0 Å². The summed E-state index contributed by atoms with van der Waals surface area (Å²) in [5, 5.41) is 0. The number of carbonyl (C=O) groups excluding carboxylic acids is 1. The number of esters is 1. The van der Waals surface area contributed by atoms with Crippen molar-refractivity contribution in [2.24, 2.45) is 11.8 Å². The summed E-state index contributed by atoms with van der Waals surface area (Å²) in [6.45, 7) is 2.39. The van der Waals surface area contributed by atoms with E-state index in [-0.39, 0.29) is 5.97 Å². The third-order valence-corrected chi connectivity index (χ3v) is 3.91. The van der Waals surface area contributed by atoms with E-state index in [1.165, 1.54) is 38.5 Å². The Morgan fingerprint density at radius 1 is 1.50 bits per heavy atom. The van der Waals surface area contributed by atoms with Crippen molar-refractivity contribution in [3.8, 4) is 0 Å². The number of carbonyl (C=O) groups is 1. The van der Waals surface area contributed by atoms with Crippen LogP contribution in [0.5, 0.6) is 0 Å². The molecule has 2 atom stereocenters. The van der Waals surface area contributed by atoms with Gasteiger partial charge < -0.3 is 4.74 Å². The number of allylic oxidation sites excluding steroid dienone is 2. The van der Waals surface area contributed by atoms with Gasteiger partial charge in [0.25, 0.3) is 0 Å². The summed E-state index contributed by atoms with van der Waals surface area (Å²) in [5.41, 5.74) is 1.67. The second kappa shape index (κ2) is 5.51. The Morgan fingerprint density at radius 3 is 3.19 bits per heavy atom. The zero-order chi connectivity index (χ0) is 11.4. The lowest BCUT2D eigenvalue weighted by Gasteiger charge is -2.33. The van der Waals surface area contributed by atoms with E-state index in [2.05, 4.69) is 6.08 Å². The van der Waals surface area contributed by atoms with Crippen molar-refractivity contribution < 1.29 is 9.53 Å². The van der Waals surface area contributed by atoms with Gasteiger partial charge in [0.2, 0.25) is 0 Å². The third-order valence-electron chi connectivity index (χ3n) is 3.91. The molecule has 1 unspecified atom stereocenters. The lowest BCUT2D eigenvalue weighted by atomic mass is 9.72. The molecule has 90 valence electrons. The first-order valence-corrected chi connectivity index (χ1v) is 6.64. The summed E-state index contributed by atoms with van der Waals surface area (Å²) in [7, 11) is 0. The van der Waals surface area contributed by atoms with Crippen molar-refractivity contribution in [3.63, 3.8) is 0 Å². The molecule has 0 saturated heterocycles. The SMILES string of the molecule is CCOC(=O)C[C@@H]1CCC2=CCCCC2C1. The third kappa shape index (κ3) is 2.87. The molecule has 2 nitrogen and oxygen atoms in total. The molecule has 2 aliphatic carbocycles. The lowest BCUT2D eigenvalue weighted by molar-refractivity contribution is -0.144. The van der Waals surface area contributed by atoms with Crippen molar-refractivity contribution in [2.75, 3.05) is 6.61 Å². The summed E-state index contributed by atoms with van der Waals surface area (Å²) < 4.78 is 5.03. The van der Waals surface area contributed by atoms with Crippen molar-refractivity contribution >= 4 is 5.97 Å². The second-order valence-corrected chi connectivity index (χ2v) is 5.06. The van der Waals surface area contributed by atoms with Crippen LogP contribution in [0.25, 0.3) is 0 Å². The molecule has 2 rings (SSSR count). The van der Waals surface area contributed by atoms with E-state index in [4.69, 9.17) is 4.74 Å². The molecule has 1 saturated carbocycles. The Morgan fingerprint density at radius 2 is 2.38 bits per heavy atom. The van der Waals surface area contributed by atoms with Gasteiger partial charge in [-0.3, -0.25) is 4.79 Å². The average Bonchev–Trinajstić information content (AvgIpc) is 2.29. The highest BCUT2D eigenvalue weighted by molar-refractivity contribution is 5.69. The molecule has 1 fully saturated rings. The van der Waals surface area contributed by atoms with Gasteiger partial charge >= 0.3 is 5.97 Å². The minimum absolute atomic E-state index is 0.00395. The molecule has 16 heavy (non-hydrogen) atoms.